The predicted octanol–water partition coefficient (Wildman–Crippen LogP) is 3.78. The van der Waals surface area contributed by atoms with E-state index in [9.17, 15) is 18.0 Å². The number of fused-ring (bicyclic) bond motifs is 1. The Morgan fingerprint density at radius 1 is 1.12 bits per heavy atom. The topological polar surface area (TPSA) is 89.3 Å². The molecule has 1 unspecified atom stereocenters. The zero-order valence-corrected chi connectivity index (χ0v) is 20.9. The van der Waals surface area contributed by atoms with E-state index in [-0.39, 0.29) is 41.6 Å². The summed E-state index contributed by atoms with van der Waals surface area (Å²) in [6.07, 6.45) is 6.91. The molecule has 1 aliphatic heterocycles. The molecule has 0 N–H and O–H groups in total. The Labute approximate surface area is 203 Å². The maximum atomic E-state index is 13.6. The highest BCUT2D eigenvalue weighted by Gasteiger charge is 2.38. The third-order valence-corrected chi connectivity index (χ3v) is 9.72. The van der Waals surface area contributed by atoms with Gasteiger partial charge in [0.15, 0.2) is 9.84 Å². The van der Waals surface area contributed by atoms with Crippen LogP contribution >= 0.6 is 11.3 Å². The molecule has 1 amide bonds. The van der Waals surface area contributed by atoms with Gasteiger partial charge in [-0.05, 0) is 31.7 Å². The van der Waals surface area contributed by atoms with Crippen molar-refractivity contribution < 1.29 is 13.2 Å². The highest BCUT2D eigenvalue weighted by molar-refractivity contribution is 7.91. The van der Waals surface area contributed by atoms with Crippen molar-refractivity contribution in [2.24, 2.45) is 0 Å². The van der Waals surface area contributed by atoms with Crippen LogP contribution in [0.1, 0.15) is 44.1 Å². The highest BCUT2D eigenvalue weighted by Crippen LogP contribution is 2.31. The lowest BCUT2D eigenvalue weighted by Crippen LogP contribution is -2.50. The summed E-state index contributed by atoms with van der Waals surface area (Å²) in [7, 11) is -3.13. The molecule has 0 spiro atoms. The number of thiophene rings is 1. The highest BCUT2D eigenvalue weighted by atomic mass is 32.2. The van der Waals surface area contributed by atoms with E-state index >= 15 is 0 Å². The number of benzene rings is 1. The van der Waals surface area contributed by atoms with Gasteiger partial charge in [-0.15, -0.1) is 11.3 Å². The molecule has 7 nitrogen and oxygen atoms in total. The Morgan fingerprint density at radius 3 is 2.53 bits per heavy atom. The lowest BCUT2D eigenvalue weighted by atomic mass is 9.93. The first-order valence-corrected chi connectivity index (χ1v) is 14.6. The van der Waals surface area contributed by atoms with Gasteiger partial charge in [0.05, 0.1) is 23.2 Å². The third-order valence-electron chi connectivity index (χ3n) is 7.09. The van der Waals surface area contributed by atoms with Crippen molar-refractivity contribution in [2.45, 2.75) is 64.1 Å². The zero-order valence-electron chi connectivity index (χ0n) is 19.3. The van der Waals surface area contributed by atoms with Gasteiger partial charge in [-0.3, -0.25) is 14.2 Å². The number of nitrogens with zero attached hydrogens (tertiary/aromatic N) is 3. The second-order valence-corrected chi connectivity index (χ2v) is 12.6. The van der Waals surface area contributed by atoms with Crippen LogP contribution in [-0.2, 0) is 21.2 Å². The minimum absolute atomic E-state index is 0.0174. The van der Waals surface area contributed by atoms with E-state index in [4.69, 9.17) is 0 Å². The Bertz CT molecular complexity index is 1370. The van der Waals surface area contributed by atoms with E-state index in [2.05, 4.69) is 4.98 Å². The molecule has 1 aliphatic carbocycles. The van der Waals surface area contributed by atoms with Crippen molar-refractivity contribution in [2.75, 3.05) is 11.5 Å². The van der Waals surface area contributed by atoms with Gasteiger partial charge in [0.2, 0.25) is 5.91 Å². The minimum atomic E-state index is -3.13. The number of aryl methyl sites for hydroxylation is 1. The maximum Gasteiger partial charge on any atom is 0.263 e. The number of carbonyl (C=O) groups excluding carboxylic acids is 1. The summed E-state index contributed by atoms with van der Waals surface area (Å²) in [6.45, 7) is 1.89. The Kier molecular flexibility index (Phi) is 6.33. The molecular formula is C25H29N3O4S2. The van der Waals surface area contributed by atoms with Crippen molar-refractivity contribution in [1.29, 1.82) is 0 Å². The normalized spacial score (nSPS) is 20.6. The summed E-state index contributed by atoms with van der Waals surface area (Å²) >= 11 is 1.42. The summed E-state index contributed by atoms with van der Waals surface area (Å²) in [4.78, 5) is 34.0. The lowest BCUT2D eigenvalue weighted by molar-refractivity contribution is -0.137. The van der Waals surface area contributed by atoms with Crippen LogP contribution in [0.3, 0.4) is 0 Å². The molecule has 1 saturated carbocycles. The summed E-state index contributed by atoms with van der Waals surface area (Å²) < 4.78 is 25.7. The van der Waals surface area contributed by atoms with Gasteiger partial charge in [-0.25, -0.2) is 13.4 Å². The summed E-state index contributed by atoms with van der Waals surface area (Å²) in [5.41, 5.74) is 2.67. The Balaban J connectivity index is 1.47. The maximum absolute atomic E-state index is 13.6. The number of rotatable bonds is 5. The van der Waals surface area contributed by atoms with Crippen LogP contribution in [-0.4, -0.2) is 52.4 Å². The van der Waals surface area contributed by atoms with Crippen molar-refractivity contribution >= 4 is 37.3 Å². The van der Waals surface area contributed by atoms with Gasteiger partial charge in [0.1, 0.15) is 11.4 Å². The van der Waals surface area contributed by atoms with Gasteiger partial charge >= 0.3 is 0 Å². The average molecular weight is 500 g/mol. The SMILES string of the molecule is Cc1ccc(-c2csc3ncn(CC(=O)N(C4CCCCC4)C4CCS(=O)(=O)C4)c(=O)c23)cc1. The summed E-state index contributed by atoms with van der Waals surface area (Å²) in [6, 6.07) is 7.73. The van der Waals surface area contributed by atoms with Gasteiger partial charge in [-0.2, -0.15) is 0 Å². The van der Waals surface area contributed by atoms with Crippen LogP contribution in [0.2, 0.25) is 0 Å². The molecule has 9 heteroatoms. The molecule has 0 bridgehead atoms. The Morgan fingerprint density at radius 2 is 1.85 bits per heavy atom. The molecule has 1 atom stereocenters. The van der Waals surface area contributed by atoms with Crippen molar-refractivity contribution in [3.63, 3.8) is 0 Å². The van der Waals surface area contributed by atoms with Crippen LogP contribution in [0.4, 0.5) is 0 Å². The largest absolute Gasteiger partial charge is 0.334 e. The molecule has 180 valence electrons. The second kappa shape index (κ2) is 9.26. The average Bonchev–Trinajstić information content (AvgIpc) is 3.41. The van der Waals surface area contributed by atoms with Crippen LogP contribution in [0, 0.1) is 6.92 Å². The monoisotopic (exact) mass is 499 g/mol. The number of amides is 1. The molecule has 1 saturated heterocycles. The summed E-state index contributed by atoms with van der Waals surface area (Å²) in [5.74, 6) is -0.0515. The van der Waals surface area contributed by atoms with E-state index in [0.29, 0.717) is 16.6 Å². The van der Waals surface area contributed by atoms with E-state index in [1.54, 1.807) is 4.90 Å². The first-order chi connectivity index (χ1) is 16.3. The van der Waals surface area contributed by atoms with Crippen LogP contribution in [0.5, 0.6) is 0 Å². The molecular weight excluding hydrogens is 470 g/mol. The molecule has 2 aliphatic rings. The van der Waals surface area contributed by atoms with E-state index in [1.165, 1.54) is 22.2 Å². The second-order valence-electron chi connectivity index (χ2n) is 9.52. The van der Waals surface area contributed by atoms with Crippen molar-refractivity contribution in [1.82, 2.24) is 14.5 Å². The smallest absolute Gasteiger partial charge is 0.263 e. The van der Waals surface area contributed by atoms with Crippen LogP contribution < -0.4 is 5.56 Å². The molecule has 3 aromatic rings. The van der Waals surface area contributed by atoms with E-state index in [1.807, 2.05) is 36.6 Å². The number of hydrogen-bond acceptors (Lipinski definition) is 6. The van der Waals surface area contributed by atoms with Gasteiger partial charge in [0, 0.05) is 23.0 Å². The van der Waals surface area contributed by atoms with E-state index < -0.39 is 9.84 Å². The van der Waals surface area contributed by atoms with Gasteiger partial charge < -0.3 is 4.90 Å². The van der Waals surface area contributed by atoms with Crippen molar-refractivity contribution in [3.8, 4) is 11.1 Å². The molecule has 34 heavy (non-hydrogen) atoms. The number of carbonyl (C=O) groups is 1. The summed E-state index contributed by atoms with van der Waals surface area (Å²) in [5, 5.41) is 2.46. The third kappa shape index (κ3) is 4.55. The van der Waals surface area contributed by atoms with Crippen LogP contribution in [0.25, 0.3) is 21.3 Å². The number of sulfone groups is 1. The number of aromatic nitrogens is 2. The molecule has 3 heterocycles. The quantitative estimate of drug-likeness (QED) is 0.533. The predicted molar refractivity (Wildman–Crippen MR) is 135 cm³/mol. The first kappa shape index (κ1) is 23.2. The number of hydrogen-bond donors (Lipinski definition) is 0. The fourth-order valence-electron chi connectivity index (χ4n) is 5.31. The zero-order chi connectivity index (χ0) is 23.9. The van der Waals surface area contributed by atoms with Gasteiger partial charge in [-0.1, -0.05) is 49.1 Å². The molecule has 0 radical (unpaired) electrons. The van der Waals surface area contributed by atoms with Crippen molar-refractivity contribution in [3.05, 3.63) is 51.9 Å². The lowest BCUT2D eigenvalue weighted by Gasteiger charge is -2.38. The molecule has 1 aromatic carbocycles. The van der Waals surface area contributed by atoms with Crippen LogP contribution in [0.15, 0.2) is 40.8 Å². The fourth-order valence-corrected chi connectivity index (χ4v) is 7.93. The molecule has 5 rings (SSSR count). The molecule has 2 fully saturated rings. The van der Waals surface area contributed by atoms with E-state index in [0.717, 1.165) is 48.8 Å². The first-order valence-electron chi connectivity index (χ1n) is 11.9. The van der Waals surface area contributed by atoms with Gasteiger partial charge in [0.25, 0.3) is 5.56 Å². The Hall–Kier alpha value is -2.52. The fraction of sp³-hybridized carbons (Fsp3) is 0.480. The minimum Gasteiger partial charge on any atom is -0.334 e. The molecule has 2 aromatic heterocycles. The standard InChI is InChI=1S/C25H29N3O4S2/c1-17-7-9-18(10-8-17)21-14-33-24-23(21)25(30)27(16-26-24)13-22(29)28(19-5-3-2-4-6-19)20-11-12-34(31,32)15-20/h7-10,14,16,19-20H,2-6,11-13,15H2,1H3.